The number of nitrogens with zero attached hydrogens (tertiary/aromatic N) is 1. The van der Waals surface area contributed by atoms with Gasteiger partial charge in [-0.05, 0) is 56.2 Å². The predicted octanol–water partition coefficient (Wildman–Crippen LogP) is 4.64. The maximum atomic E-state index is 13.4. The summed E-state index contributed by atoms with van der Waals surface area (Å²) < 4.78 is 13.4. The van der Waals surface area contributed by atoms with Crippen molar-refractivity contribution in [2.24, 2.45) is 0 Å². The number of piperidine rings is 1. The second-order valence-electron chi connectivity index (χ2n) is 6.89. The number of hydrogen-bond donors (Lipinski definition) is 1. The maximum absolute atomic E-state index is 13.4. The molecule has 4 heteroatoms. The minimum Gasteiger partial charge on any atom is -0.358 e. The van der Waals surface area contributed by atoms with Crippen LogP contribution in [0.2, 0.25) is 0 Å². The van der Waals surface area contributed by atoms with Gasteiger partial charge in [0.1, 0.15) is 5.82 Å². The Balaban J connectivity index is 1.46. The largest absolute Gasteiger partial charge is 0.358 e. The molecule has 0 unspecified atom stereocenters. The lowest BCUT2D eigenvalue weighted by molar-refractivity contribution is 0.0712. The fraction of sp³-hybridized carbons (Fsp3) is 0.286. The second kappa shape index (κ2) is 6.36. The third kappa shape index (κ3) is 3.16. The van der Waals surface area contributed by atoms with Crippen LogP contribution >= 0.6 is 0 Å². The molecule has 1 amide bonds. The van der Waals surface area contributed by atoms with Crippen molar-refractivity contribution in [1.82, 2.24) is 9.88 Å². The van der Waals surface area contributed by atoms with Crippen molar-refractivity contribution >= 4 is 16.8 Å². The number of benzene rings is 2. The number of likely N-dealkylation sites (tertiary alicyclic amines) is 1. The van der Waals surface area contributed by atoms with Crippen molar-refractivity contribution < 1.29 is 9.18 Å². The third-order valence-corrected chi connectivity index (χ3v) is 5.09. The normalized spacial score (nSPS) is 15.7. The van der Waals surface area contributed by atoms with Crippen LogP contribution in [0.25, 0.3) is 10.9 Å². The lowest BCUT2D eigenvalue weighted by atomic mass is 9.93. The Morgan fingerprint density at radius 2 is 1.92 bits per heavy atom. The zero-order valence-corrected chi connectivity index (χ0v) is 14.3. The summed E-state index contributed by atoms with van der Waals surface area (Å²) >= 11 is 0. The van der Waals surface area contributed by atoms with Crippen LogP contribution in [0.4, 0.5) is 4.39 Å². The molecule has 0 atom stereocenters. The summed E-state index contributed by atoms with van der Waals surface area (Å²) in [5.41, 5.74) is 3.98. The van der Waals surface area contributed by atoms with Crippen molar-refractivity contribution in [3.05, 3.63) is 71.2 Å². The number of aromatic amines is 1. The molecule has 0 aliphatic carbocycles. The molecule has 2 aromatic carbocycles. The molecule has 1 N–H and O–H groups in total. The first-order valence-corrected chi connectivity index (χ1v) is 8.74. The predicted molar refractivity (Wildman–Crippen MR) is 97.3 cm³/mol. The highest BCUT2D eigenvalue weighted by atomic mass is 19.1. The maximum Gasteiger partial charge on any atom is 0.253 e. The molecule has 1 saturated heterocycles. The van der Waals surface area contributed by atoms with Crippen LogP contribution in [0.15, 0.2) is 48.5 Å². The van der Waals surface area contributed by atoms with Crippen LogP contribution < -0.4 is 0 Å². The van der Waals surface area contributed by atoms with Crippen LogP contribution in [0.3, 0.4) is 0 Å². The van der Waals surface area contributed by atoms with Gasteiger partial charge < -0.3 is 9.88 Å². The number of carbonyl (C=O) groups excluding carboxylic acids is 1. The summed E-state index contributed by atoms with van der Waals surface area (Å²) in [5.74, 6) is 0.287. The number of hydrogen-bond acceptors (Lipinski definition) is 1. The summed E-state index contributed by atoms with van der Waals surface area (Å²) in [6, 6.07) is 14.6. The number of halogens is 1. The number of H-pyrrole nitrogens is 1. The number of amides is 1. The molecule has 1 aliphatic rings. The summed E-state index contributed by atoms with van der Waals surface area (Å²) in [6.07, 6.45) is 1.85. The van der Waals surface area contributed by atoms with E-state index in [-0.39, 0.29) is 11.7 Å². The highest BCUT2D eigenvalue weighted by Gasteiger charge is 2.25. The van der Waals surface area contributed by atoms with E-state index < -0.39 is 0 Å². The number of carbonyl (C=O) groups is 1. The van der Waals surface area contributed by atoms with E-state index in [4.69, 9.17) is 0 Å². The molecular weight excluding hydrogens is 315 g/mol. The molecule has 0 radical (unpaired) electrons. The van der Waals surface area contributed by atoms with Crippen molar-refractivity contribution in [2.75, 3.05) is 13.1 Å². The Labute approximate surface area is 146 Å². The minimum absolute atomic E-state index is 0.112. The molecule has 3 nitrogen and oxygen atoms in total. The highest BCUT2D eigenvalue weighted by Crippen LogP contribution is 2.30. The molecule has 0 spiro atoms. The Morgan fingerprint density at radius 3 is 2.68 bits per heavy atom. The SMILES string of the molecule is Cc1cccc(C(=O)N2CCC(c3cc4cc(F)ccc4[nH]3)CC2)c1. The fourth-order valence-electron chi connectivity index (χ4n) is 3.70. The first kappa shape index (κ1) is 15.9. The van der Waals surface area contributed by atoms with E-state index in [1.807, 2.05) is 42.2 Å². The highest BCUT2D eigenvalue weighted by molar-refractivity contribution is 5.94. The zero-order chi connectivity index (χ0) is 17.4. The van der Waals surface area contributed by atoms with Gasteiger partial charge in [0.15, 0.2) is 0 Å². The van der Waals surface area contributed by atoms with Gasteiger partial charge in [0.25, 0.3) is 5.91 Å². The van der Waals surface area contributed by atoms with E-state index in [9.17, 15) is 9.18 Å². The molecule has 25 heavy (non-hydrogen) atoms. The van der Waals surface area contributed by atoms with Crippen LogP contribution in [0, 0.1) is 12.7 Å². The summed E-state index contributed by atoms with van der Waals surface area (Å²) in [6.45, 7) is 3.50. The topological polar surface area (TPSA) is 36.1 Å². The molecule has 3 aromatic rings. The standard InChI is InChI=1S/C21H21FN2O/c1-14-3-2-4-16(11-14)21(25)24-9-7-15(8-10-24)20-13-17-12-18(22)5-6-19(17)23-20/h2-6,11-13,15,23H,7-10H2,1H3. The van der Waals surface area contributed by atoms with Crippen molar-refractivity contribution in [3.8, 4) is 0 Å². The van der Waals surface area contributed by atoms with E-state index in [0.29, 0.717) is 5.92 Å². The Morgan fingerprint density at radius 1 is 1.12 bits per heavy atom. The van der Waals surface area contributed by atoms with E-state index in [2.05, 4.69) is 4.98 Å². The first-order valence-electron chi connectivity index (χ1n) is 8.74. The first-order chi connectivity index (χ1) is 12.1. The number of rotatable bonds is 2. The molecule has 1 aromatic heterocycles. The smallest absolute Gasteiger partial charge is 0.253 e. The summed E-state index contributed by atoms with van der Waals surface area (Å²) in [7, 11) is 0. The van der Waals surface area contributed by atoms with E-state index in [0.717, 1.165) is 53.7 Å². The second-order valence-corrected chi connectivity index (χ2v) is 6.89. The molecule has 4 rings (SSSR count). The van der Waals surface area contributed by atoms with Crippen LogP contribution in [-0.2, 0) is 0 Å². The van der Waals surface area contributed by atoms with Gasteiger partial charge in [-0.15, -0.1) is 0 Å². The third-order valence-electron chi connectivity index (χ3n) is 5.09. The van der Waals surface area contributed by atoms with Crippen LogP contribution in [0.1, 0.15) is 40.4 Å². The Kier molecular flexibility index (Phi) is 4.04. The Hall–Kier alpha value is -2.62. The molecule has 1 fully saturated rings. The Bertz CT molecular complexity index is 923. The monoisotopic (exact) mass is 336 g/mol. The number of aromatic nitrogens is 1. The van der Waals surface area contributed by atoms with Crippen molar-refractivity contribution in [1.29, 1.82) is 0 Å². The lowest BCUT2D eigenvalue weighted by Crippen LogP contribution is -2.38. The van der Waals surface area contributed by atoms with Gasteiger partial charge in [-0.3, -0.25) is 4.79 Å². The lowest BCUT2D eigenvalue weighted by Gasteiger charge is -2.31. The molecule has 2 heterocycles. The van der Waals surface area contributed by atoms with Gasteiger partial charge in [-0.2, -0.15) is 0 Å². The average molecular weight is 336 g/mol. The van der Waals surface area contributed by atoms with Crippen molar-refractivity contribution in [3.63, 3.8) is 0 Å². The van der Waals surface area contributed by atoms with Gasteiger partial charge in [0.2, 0.25) is 0 Å². The molecule has 128 valence electrons. The molecule has 1 aliphatic heterocycles. The van der Waals surface area contributed by atoms with Crippen molar-refractivity contribution in [2.45, 2.75) is 25.7 Å². The quantitative estimate of drug-likeness (QED) is 0.727. The van der Waals surface area contributed by atoms with Crippen LogP contribution in [-0.4, -0.2) is 28.9 Å². The number of nitrogens with one attached hydrogen (secondary N) is 1. The van der Waals surface area contributed by atoms with Crippen LogP contribution in [0.5, 0.6) is 0 Å². The van der Waals surface area contributed by atoms with Gasteiger partial charge >= 0.3 is 0 Å². The molecule has 0 saturated carbocycles. The molecule has 0 bridgehead atoms. The average Bonchev–Trinajstić information content (AvgIpc) is 3.04. The van der Waals surface area contributed by atoms with E-state index in [1.165, 1.54) is 6.07 Å². The zero-order valence-electron chi connectivity index (χ0n) is 14.3. The van der Waals surface area contributed by atoms with Gasteiger partial charge in [-0.25, -0.2) is 4.39 Å². The van der Waals surface area contributed by atoms with E-state index >= 15 is 0 Å². The summed E-state index contributed by atoms with van der Waals surface area (Å²) in [4.78, 5) is 18.0. The fourth-order valence-corrected chi connectivity index (χ4v) is 3.70. The molecular formula is C21H21FN2O. The number of fused-ring (bicyclic) bond motifs is 1. The van der Waals surface area contributed by atoms with Gasteiger partial charge in [-0.1, -0.05) is 17.7 Å². The summed E-state index contributed by atoms with van der Waals surface area (Å²) in [5, 5.41) is 0.910. The minimum atomic E-state index is -0.211. The van der Waals surface area contributed by atoms with Gasteiger partial charge in [0.05, 0.1) is 0 Å². The number of aryl methyl sites for hydroxylation is 1. The van der Waals surface area contributed by atoms with E-state index in [1.54, 1.807) is 12.1 Å². The van der Waals surface area contributed by atoms with Gasteiger partial charge in [0, 0.05) is 41.2 Å².